The van der Waals surface area contributed by atoms with Crippen LogP contribution in [0.2, 0.25) is 0 Å². The van der Waals surface area contributed by atoms with Crippen LogP contribution < -0.4 is 5.32 Å². The third-order valence-electron chi connectivity index (χ3n) is 4.21. The summed E-state index contributed by atoms with van der Waals surface area (Å²) in [5.41, 5.74) is 0.244. The first-order valence-corrected chi connectivity index (χ1v) is 8.03. The van der Waals surface area contributed by atoms with Crippen LogP contribution in [0.3, 0.4) is 0 Å². The number of halogens is 2. The molecule has 0 radical (unpaired) electrons. The van der Waals surface area contributed by atoms with E-state index in [0.717, 1.165) is 12.1 Å². The molecule has 1 atom stereocenters. The molecule has 0 saturated carbocycles. The minimum absolute atomic E-state index is 0.209. The van der Waals surface area contributed by atoms with Crippen molar-refractivity contribution in [2.24, 2.45) is 0 Å². The number of imidazole rings is 1. The van der Waals surface area contributed by atoms with Crippen LogP contribution in [0.15, 0.2) is 36.7 Å². The number of benzene rings is 2. The number of aryl methyl sites for hydroxylation is 1. The maximum Gasteiger partial charge on any atom is 0.257 e. The van der Waals surface area contributed by atoms with E-state index in [4.69, 9.17) is 6.57 Å². The van der Waals surface area contributed by atoms with Gasteiger partial charge in [0.05, 0.1) is 30.5 Å². The number of carbonyl (C=O) groups excluding carboxylic acids is 1. The smallest absolute Gasteiger partial charge is 0.257 e. The van der Waals surface area contributed by atoms with Gasteiger partial charge in [0.25, 0.3) is 5.91 Å². The first-order valence-electron chi connectivity index (χ1n) is 8.03. The average molecular weight is 370 g/mol. The second kappa shape index (κ2) is 6.78. The number of anilines is 1. The van der Waals surface area contributed by atoms with E-state index in [2.05, 4.69) is 15.1 Å². The van der Waals surface area contributed by atoms with Crippen LogP contribution >= 0.6 is 0 Å². The zero-order chi connectivity index (χ0) is 19.8. The third kappa shape index (κ3) is 3.64. The van der Waals surface area contributed by atoms with Gasteiger partial charge in [0.1, 0.15) is 0 Å². The summed E-state index contributed by atoms with van der Waals surface area (Å²) in [5, 5.41) is 13.2. The molecule has 2 N–H and O–H groups in total. The number of aromatic nitrogens is 2. The van der Waals surface area contributed by atoms with Gasteiger partial charge in [-0.2, -0.15) is 0 Å². The summed E-state index contributed by atoms with van der Waals surface area (Å²) < 4.78 is 28.2. The number of nitrogens with zero attached hydrogens (tertiary/aromatic N) is 3. The van der Waals surface area contributed by atoms with Crippen LogP contribution in [0.1, 0.15) is 12.5 Å². The molecule has 0 aliphatic heterocycles. The number of nitrogens with one attached hydrogen (secondary N) is 1. The maximum atomic E-state index is 13.5. The Hall–Kier alpha value is -3.31. The van der Waals surface area contributed by atoms with Crippen molar-refractivity contribution < 1.29 is 18.7 Å². The molecule has 6 nitrogen and oxygen atoms in total. The van der Waals surface area contributed by atoms with E-state index >= 15 is 0 Å². The van der Waals surface area contributed by atoms with E-state index < -0.39 is 23.1 Å². The van der Waals surface area contributed by atoms with Crippen LogP contribution in [-0.4, -0.2) is 26.2 Å². The zero-order valence-corrected chi connectivity index (χ0v) is 14.6. The topological polar surface area (TPSA) is 71.5 Å². The van der Waals surface area contributed by atoms with E-state index in [-0.39, 0.29) is 17.6 Å². The number of rotatable bonds is 4. The largest absolute Gasteiger partial charge is 0.378 e. The van der Waals surface area contributed by atoms with Gasteiger partial charge in [-0.05, 0) is 31.5 Å². The van der Waals surface area contributed by atoms with Crippen LogP contribution in [0, 0.1) is 25.1 Å². The Morgan fingerprint density at radius 3 is 2.70 bits per heavy atom. The third-order valence-corrected chi connectivity index (χ3v) is 4.21. The van der Waals surface area contributed by atoms with E-state index in [1.54, 1.807) is 25.1 Å². The molecule has 0 saturated heterocycles. The van der Waals surface area contributed by atoms with Gasteiger partial charge in [0, 0.05) is 17.8 Å². The molecule has 0 bridgehead atoms. The molecule has 0 aliphatic carbocycles. The highest BCUT2D eigenvalue weighted by molar-refractivity contribution is 5.97. The molecule has 1 aromatic heterocycles. The fourth-order valence-corrected chi connectivity index (χ4v) is 2.71. The molecule has 1 amide bonds. The Morgan fingerprint density at radius 1 is 1.33 bits per heavy atom. The van der Waals surface area contributed by atoms with E-state index in [1.807, 2.05) is 0 Å². The number of amides is 1. The van der Waals surface area contributed by atoms with E-state index in [0.29, 0.717) is 16.9 Å². The molecule has 3 rings (SSSR count). The normalized spacial score (nSPS) is 13.2. The van der Waals surface area contributed by atoms with Crippen molar-refractivity contribution in [3.05, 3.63) is 65.3 Å². The van der Waals surface area contributed by atoms with Gasteiger partial charge in [-0.3, -0.25) is 4.79 Å². The van der Waals surface area contributed by atoms with Gasteiger partial charge in [-0.1, -0.05) is 6.07 Å². The van der Waals surface area contributed by atoms with Crippen molar-refractivity contribution in [2.75, 3.05) is 5.32 Å². The van der Waals surface area contributed by atoms with E-state index in [9.17, 15) is 18.7 Å². The van der Waals surface area contributed by atoms with Crippen molar-refractivity contribution in [1.29, 1.82) is 0 Å². The lowest BCUT2D eigenvalue weighted by molar-refractivity contribution is -0.133. The fourth-order valence-electron chi connectivity index (χ4n) is 2.71. The Kier molecular flexibility index (Phi) is 4.64. The minimum Gasteiger partial charge on any atom is -0.378 e. The van der Waals surface area contributed by atoms with Crippen molar-refractivity contribution in [1.82, 2.24) is 9.55 Å². The van der Waals surface area contributed by atoms with Gasteiger partial charge in [0.2, 0.25) is 0 Å². The van der Waals surface area contributed by atoms with Gasteiger partial charge >= 0.3 is 0 Å². The summed E-state index contributed by atoms with van der Waals surface area (Å²) in [6.45, 7) is 9.89. The number of carbonyl (C=O) groups is 1. The fraction of sp³-hybridized carbons (Fsp3) is 0.211. The zero-order valence-electron chi connectivity index (χ0n) is 14.6. The van der Waals surface area contributed by atoms with Gasteiger partial charge < -0.3 is 15.0 Å². The highest BCUT2D eigenvalue weighted by Crippen LogP contribution is 2.24. The molecular formula is C19H16F2N4O2. The molecular weight excluding hydrogens is 354 g/mol. The van der Waals surface area contributed by atoms with Crippen LogP contribution in [-0.2, 0) is 11.3 Å². The summed E-state index contributed by atoms with van der Waals surface area (Å²) in [7, 11) is 0. The van der Waals surface area contributed by atoms with Crippen molar-refractivity contribution in [3.8, 4) is 0 Å². The Balaban J connectivity index is 1.82. The maximum absolute atomic E-state index is 13.5. The van der Waals surface area contributed by atoms with Gasteiger partial charge in [-0.25, -0.2) is 18.6 Å². The predicted octanol–water partition coefficient (Wildman–Crippen LogP) is 3.56. The summed E-state index contributed by atoms with van der Waals surface area (Å²) in [6.07, 6.45) is 1.31. The lowest BCUT2D eigenvalue weighted by Gasteiger charge is -2.23. The molecule has 27 heavy (non-hydrogen) atoms. The highest BCUT2D eigenvalue weighted by Gasteiger charge is 2.31. The molecule has 1 heterocycles. The molecule has 0 aliphatic rings. The lowest BCUT2D eigenvalue weighted by Crippen LogP contribution is -2.43. The minimum atomic E-state index is -1.84. The van der Waals surface area contributed by atoms with Gasteiger partial charge in [-0.15, -0.1) is 0 Å². The van der Waals surface area contributed by atoms with Crippen molar-refractivity contribution in [3.63, 3.8) is 0 Å². The molecule has 8 heteroatoms. The summed E-state index contributed by atoms with van der Waals surface area (Å²) in [4.78, 5) is 19.8. The van der Waals surface area contributed by atoms with Crippen LogP contribution in [0.4, 0.5) is 20.2 Å². The van der Waals surface area contributed by atoms with Crippen LogP contribution in [0.5, 0.6) is 0 Å². The molecule has 0 spiro atoms. The SMILES string of the molecule is [C-]#[N+]c1ccc(NC(=O)[C@@](C)(O)Cn2cnc3cc(F)c(F)cc32)cc1C. The molecule has 0 fully saturated rings. The Labute approximate surface area is 153 Å². The number of fused-ring (bicyclic) bond motifs is 1. The molecule has 2 aromatic carbocycles. The molecule has 0 unspecified atom stereocenters. The Morgan fingerprint density at radius 2 is 2.04 bits per heavy atom. The summed E-state index contributed by atoms with van der Waals surface area (Å²) in [6, 6.07) is 6.70. The number of hydrogen-bond acceptors (Lipinski definition) is 3. The van der Waals surface area contributed by atoms with Crippen molar-refractivity contribution >= 4 is 28.3 Å². The highest BCUT2D eigenvalue weighted by atomic mass is 19.2. The first kappa shape index (κ1) is 18.5. The lowest BCUT2D eigenvalue weighted by atomic mass is 10.1. The second-order valence-corrected chi connectivity index (χ2v) is 6.47. The standard InChI is InChI=1S/C19H16F2N4O2/c1-11-6-12(4-5-15(11)22-3)24-18(26)19(2,27)9-25-10-23-16-7-13(20)14(21)8-17(16)25/h4-8,10,27H,9H2,1-2H3,(H,24,26)/t19-/m0/s1. The van der Waals surface area contributed by atoms with E-state index in [1.165, 1.54) is 17.8 Å². The Bertz CT molecular complexity index is 1080. The molecule has 3 aromatic rings. The number of hydrogen-bond donors (Lipinski definition) is 2. The summed E-state index contributed by atoms with van der Waals surface area (Å²) in [5.74, 6) is -2.74. The summed E-state index contributed by atoms with van der Waals surface area (Å²) >= 11 is 0. The predicted molar refractivity (Wildman–Crippen MR) is 96.3 cm³/mol. The van der Waals surface area contributed by atoms with Crippen molar-refractivity contribution in [2.45, 2.75) is 26.0 Å². The monoisotopic (exact) mass is 370 g/mol. The quantitative estimate of drug-likeness (QED) is 0.690. The second-order valence-electron chi connectivity index (χ2n) is 6.47. The molecule has 138 valence electrons. The average Bonchev–Trinajstić information content (AvgIpc) is 2.96. The van der Waals surface area contributed by atoms with Gasteiger partial charge in [0.15, 0.2) is 22.9 Å². The first-order chi connectivity index (χ1) is 12.7. The van der Waals surface area contributed by atoms with Crippen LogP contribution in [0.25, 0.3) is 15.9 Å². The number of aliphatic hydroxyl groups is 1.